The maximum absolute atomic E-state index is 12.4. The van der Waals surface area contributed by atoms with Gasteiger partial charge in [0.05, 0.1) is 6.04 Å². The predicted molar refractivity (Wildman–Crippen MR) is 86.2 cm³/mol. The van der Waals surface area contributed by atoms with E-state index in [-0.39, 0.29) is 11.9 Å². The lowest BCUT2D eigenvalue weighted by Crippen LogP contribution is -2.28. The molecule has 1 atom stereocenters. The molecule has 0 saturated carbocycles. The maximum atomic E-state index is 12.4. The average Bonchev–Trinajstić information content (AvgIpc) is 3.27. The van der Waals surface area contributed by atoms with Crippen molar-refractivity contribution < 1.29 is 9.32 Å². The van der Waals surface area contributed by atoms with Gasteiger partial charge in [-0.1, -0.05) is 11.2 Å². The summed E-state index contributed by atoms with van der Waals surface area (Å²) < 4.78 is 6.80. The van der Waals surface area contributed by atoms with Gasteiger partial charge in [0.25, 0.3) is 11.8 Å². The minimum atomic E-state index is -0.107. The number of hydrogen-bond donors (Lipinski definition) is 1. The number of rotatable bonds is 3. The second-order valence-corrected chi connectivity index (χ2v) is 5.97. The molecule has 2 aromatic heterocycles. The van der Waals surface area contributed by atoms with Crippen LogP contribution in [0.15, 0.2) is 35.0 Å². The van der Waals surface area contributed by atoms with Crippen molar-refractivity contribution in [2.24, 2.45) is 7.05 Å². The molecule has 0 aliphatic heterocycles. The van der Waals surface area contributed by atoms with Crippen LogP contribution in [0.2, 0.25) is 0 Å². The lowest BCUT2D eigenvalue weighted by Gasteiger charge is -2.14. The lowest BCUT2D eigenvalue weighted by atomic mass is 10.0. The largest absolute Gasteiger partial charge is 0.344 e. The molecule has 1 amide bonds. The van der Waals surface area contributed by atoms with Crippen LogP contribution in [0.25, 0.3) is 11.5 Å². The van der Waals surface area contributed by atoms with Crippen LogP contribution < -0.4 is 5.32 Å². The summed E-state index contributed by atoms with van der Waals surface area (Å²) >= 11 is 0. The molecule has 24 heavy (non-hydrogen) atoms. The van der Waals surface area contributed by atoms with Crippen molar-refractivity contribution in [1.82, 2.24) is 25.2 Å². The van der Waals surface area contributed by atoms with Gasteiger partial charge in [0.15, 0.2) is 5.82 Å². The van der Waals surface area contributed by atoms with Crippen LogP contribution in [0.1, 0.15) is 39.9 Å². The number of amides is 1. The SMILES string of the molecule is Cc1noc(-c2ccc3c(c2)CCC3NC(=O)c2ccnn2C)n1. The van der Waals surface area contributed by atoms with Crippen molar-refractivity contribution in [1.29, 1.82) is 0 Å². The first-order valence-corrected chi connectivity index (χ1v) is 7.84. The highest BCUT2D eigenvalue weighted by atomic mass is 16.5. The molecule has 0 spiro atoms. The highest BCUT2D eigenvalue weighted by Gasteiger charge is 2.26. The van der Waals surface area contributed by atoms with E-state index in [9.17, 15) is 4.79 Å². The molecule has 0 bridgehead atoms. The highest BCUT2D eigenvalue weighted by Crippen LogP contribution is 2.34. The first-order chi connectivity index (χ1) is 11.6. The number of nitrogens with one attached hydrogen (secondary N) is 1. The molecule has 7 nitrogen and oxygen atoms in total. The second kappa shape index (κ2) is 5.59. The summed E-state index contributed by atoms with van der Waals surface area (Å²) in [5, 5.41) is 11.0. The average molecular weight is 323 g/mol. The van der Waals surface area contributed by atoms with Gasteiger partial charge in [0.1, 0.15) is 5.69 Å². The Bertz CT molecular complexity index is 911. The Hall–Kier alpha value is -2.96. The fourth-order valence-electron chi connectivity index (χ4n) is 3.14. The number of carbonyl (C=O) groups excluding carboxylic acids is 1. The summed E-state index contributed by atoms with van der Waals surface area (Å²) in [7, 11) is 1.76. The van der Waals surface area contributed by atoms with Gasteiger partial charge in [-0.25, -0.2) is 0 Å². The second-order valence-electron chi connectivity index (χ2n) is 5.97. The fourth-order valence-corrected chi connectivity index (χ4v) is 3.14. The molecule has 1 aromatic carbocycles. The Labute approximate surface area is 138 Å². The lowest BCUT2D eigenvalue weighted by molar-refractivity contribution is 0.0927. The zero-order valence-corrected chi connectivity index (χ0v) is 13.5. The summed E-state index contributed by atoms with van der Waals surface area (Å²) in [5.41, 5.74) is 3.82. The molecule has 2 heterocycles. The topological polar surface area (TPSA) is 85.8 Å². The van der Waals surface area contributed by atoms with Crippen molar-refractivity contribution in [3.63, 3.8) is 0 Å². The molecule has 0 fully saturated rings. The summed E-state index contributed by atoms with van der Waals surface area (Å²) in [6.07, 6.45) is 3.41. The van der Waals surface area contributed by atoms with E-state index in [1.807, 2.05) is 12.1 Å². The van der Waals surface area contributed by atoms with Gasteiger partial charge in [-0.05, 0) is 49.1 Å². The third-order valence-corrected chi connectivity index (χ3v) is 4.35. The number of aromatic nitrogens is 4. The van der Waals surface area contributed by atoms with Gasteiger partial charge < -0.3 is 9.84 Å². The van der Waals surface area contributed by atoms with Gasteiger partial charge in [-0.2, -0.15) is 10.1 Å². The molecular formula is C17H17N5O2. The molecule has 122 valence electrons. The third kappa shape index (κ3) is 2.47. The van der Waals surface area contributed by atoms with Gasteiger partial charge >= 0.3 is 0 Å². The number of benzene rings is 1. The van der Waals surface area contributed by atoms with E-state index in [4.69, 9.17) is 4.52 Å². The van der Waals surface area contributed by atoms with Crippen molar-refractivity contribution in [2.75, 3.05) is 0 Å². The van der Waals surface area contributed by atoms with Crippen LogP contribution in [-0.2, 0) is 13.5 Å². The molecule has 0 saturated heterocycles. The minimum absolute atomic E-state index is 0.0147. The molecular weight excluding hydrogens is 306 g/mol. The van der Waals surface area contributed by atoms with Crippen LogP contribution in [0, 0.1) is 6.92 Å². The smallest absolute Gasteiger partial charge is 0.270 e. The molecule has 7 heteroatoms. The number of hydrogen-bond acceptors (Lipinski definition) is 5. The van der Waals surface area contributed by atoms with E-state index in [2.05, 4.69) is 26.6 Å². The minimum Gasteiger partial charge on any atom is -0.344 e. The van der Waals surface area contributed by atoms with Gasteiger partial charge in [-0.15, -0.1) is 0 Å². The highest BCUT2D eigenvalue weighted by molar-refractivity contribution is 5.92. The molecule has 1 aliphatic rings. The van der Waals surface area contributed by atoms with E-state index in [0.29, 0.717) is 17.4 Å². The van der Waals surface area contributed by atoms with Crippen LogP contribution in [-0.4, -0.2) is 25.8 Å². The summed E-state index contributed by atoms with van der Waals surface area (Å²) in [6.45, 7) is 1.80. The van der Waals surface area contributed by atoms with Gasteiger partial charge in [-0.3, -0.25) is 9.48 Å². The van der Waals surface area contributed by atoms with Crippen molar-refractivity contribution in [2.45, 2.75) is 25.8 Å². The normalized spacial score (nSPS) is 16.2. The van der Waals surface area contributed by atoms with E-state index in [1.165, 1.54) is 5.56 Å². The Balaban J connectivity index is 1.56. The number of carbonyl (C=O) groups is 1. The molecule has 3 aromatic rings. The third-order valence-electron chi connectivity index (χ3n) is 4.35. The standard InChI is InChI=1S/C17H17N5O2/c1-10-19-17(24-21-10)12-3-5-13-11(9-12)4-6-14(13)20-16(23)15-7-8-18-22(15)2/h3,5,7-9,14H,4,6H2,1-2H3,(H,20,23). The van der Waals surface area contributed by atoms with Gasteiger partial charge in [0, 0.05) is 18.8 Å². The van der Waals surface area contributed by atoms with E-state index in [0.717, 1.165) is 24.0 Å². The van der Waals surface area contributed by atoms with E-state index >= 15 is 0 Å². The predicted octanol–water partition coefficient (Wildman–Crippen LogP) is 2.20. The Morgan fingerprint density at radius 2 is 2.25 bits per heavy atom. The maximum Gasteiger partial charge on any atom is 0.270 e. The van der Waals surface area contributed by atoms with Crippen LogP contribution >= 0.6 is 0 Å². The Morgan fingerprint density at radius 3 is 2.96 bits per heavy atom. The monoisotopic (exact) mass is 323 g/mol. The van der Waals surface area contributed by atoms with Crippen LogP contribution in [0.5, 0.6) is 0 Å². The molecule has 4 rings (SSSR count). The summed E-state index contributed by atoms with van der Waals surface area (Å²) in [4.78, 5) is 16.6. The summed E-state index contributed by atoms with van der Waals surface area (Å²) in [5.74, 6) is 1.04. The van der Waals surface area contributed by atoms with E-state index < -0.39 is 0 Å². The molecule has 1 aliphatic carbocycles. The fraction of sp³-hybridized carbons (Fsp3) is 0.294. The first-order valence-electron chi connectivity index (χ1n) is 7.84. The number of nitrogens with zero attached hydrogens (tertiary/aromatic N) is 4. The van der Waals surface area contributed by atoms with Crippen molar-refractivity contribution >= 4 is 5.91 Å². The Kier molecular flexibility index (Phi) is 3.41. The number of aryl methyl sites for hydroxylation is 3. The van der Waals surface area contributed by atoms with E-state index in [1.54, 1.807) is 30.9 Å². The molecule has 1 unspecified atom stereocenters. The zero-order chi connectivity index (χ0) is 16.7. The Morgan fingerprint density at radius 1 is 1.38 bits per heavy atom. The molecule has 1 N–H and O–H groups in total. The molecule has 0 radical (unpaired) electrons. The van der Waals surface area contributed by atoms with Crippen LogP contribution in [0.3, 0.4) is 0 Å². The first kappa shape index (κ1) is 14.6. The zero-order valence-electron chi connectivity index (χ0n) is 13.5. The van der Waals surface area contributed by atoms with Crippen molar-refractivity contribution in [3.05, 3.63) is 53.1 Å². The van der Waals surface area contributed by atoms with Gasteiger partial charge in [0.2, 0.25) is 0 Å². The number of fused-ring (bicyclic) bond motifs is 1. The summed E-state index contributed by atoms with van der Waals surface area (Å²) in [6, 6.07) is 7.79. The quantitative estimate of drug-likeness (QED) is 0.798. The van der Waals surface area contributed by atoms with Crippen LogP contribution in [0.4, 0.5) is 0 Å². The van der Waals surface area contributed by atoms with Crippen molar-refractivity contribution in [3.8, 4) is 11.5 Å².